The average molecular weight is 412 g/mol. The Morgan fingerprint density at radius 3 is 2.53 bits per heavy atom. The van der Waals surface area contributed by atoms with Gasteiger partial charge in [0.15, 0.2) is 11.6 Å². The molecule has 30 heavy (non-hydrogen) atoms. The number of halogens is 3. The van der Waals surface area contributed by atoms with Crippen LogP contribution in [-0.2, 0) is 4.79 Å². The molecule has 4 nitrogen and oxygen atoms in total. The number of pyridine rings is 1. The standard InChI is InChI=1S/C23H19F3N2O2/c1-14-6-8-19(13-27-14)30-18-5-3-4-16(10-18)15(2)28-23(29)9-7-17-11-21(25)22(26)12-20(17)24/h3-13,15H,1-2H3,(H,28,29)/b9-7-. The van der Waals surface area contributed by atoms with E-state index in [0.29, 0.717) is 23.6 Å². The average Bonchev–Trinajstić information content (AvgIpc) is 2.71. The van der Waals surface area contributed by atoms with Crippen LogP contribution in [0.1, 0.15) is 29.8 Å². The van der Waals surface area contributed by atoms with Crippen LogP contribution < -0.4 is 10.1 Å². The third-order valence-corrected chi connectivity index (χ3v) is 4.29. The monoisotopic (exact) mass is 412 g/mol. The first-order chi connectivity index (χ1) is 14.3. The molecule has 1 unspecified atom stereocenters. The molecular weight excluding hydrogens is 393 g/mol. The van der Waals surface area contributed by atoms with Crippen molar-refractivity contribution < 1.29 is 22.7 Å². The molecule has 1 N–H and O–H groups in total. The molecule has 1 heterocycles. The summed E-state index contributed by atoms with van der Waals surface area (Å²) in [7, 11) is 0. The molecule has 154 valence electrons. The minimum atomic E-state index is -1.29. The number of aryl methyl sites for hydroxylation is 1. The Morgan fingerprint density at radius 1 is 1.03 bits per heavy atom. The van der Waals surface area contributed by atoms with Gasteiger partial charge < -0.3 is 10.1 Å². The molecule has 1 atom stereocenters. The molecule has 3 rings (SSSR count). The molecule has 0 fully saturated rings. The summed E-state index contributed by atoms with van der Waals surface area (Å²) < 4.78 is 45.6. The number of ether oxygens (including phenoxy) is 1. The van der Waals surface area contributed by atoms with Crippen molar-refractivity contribution in [2.75, 3.05) is 0 Å². The number of carbonyl (C=O) groups excluding carboxylic acids is 1. The second kappa shape index (κ2) is 9.26. The first-order valence-corrected chi connectivity index (χ1v) is 9.15. The van der Waals surface area contributed by atoms with Crippen molar-refractivity contribution in [3.63, 3.8) is 0 Å². The van der Waals surface area contributed by atoms with Crippen molar-refractivity contribution in [1.82, 2.24) is 10.3 Å². The molecule has 1 amide bonds. The second-order valence-corrected chi connectivity index (χ2v) is 6.66. The fourth-order valence-electron chi connectivity index (χ4n) is 2.67. The zero-order valence-electron chi connectivity index (χ0n) is 16.3. The van der Waals surface area contributed by atoms with Gasteiger partial charge in [0.1, 0.15) is 17.3 Å². The van der Waals surface area contributed by atoms with Gasteiger partial charge in [0, 0.05) is 23.4 Å². The number of hydrogen-bond acceptors (Lipinski definition) is 3. The summed E-state index contributed by atoms with van der Waals surface area (Å²) in [6, 6.07) is 11.6. The smallest absolute Gasteiger partial charge is 0.244 e. The third-order valence-electron chi connectivity index (χ3n) is 4.29. The maximum Gasteiger partial charge on any atom is 0.244 e. The Hall–Kier alpha value is -3.61. The number of benzene rings is 2. The molecule has 0 aliphatic carbocycles. The van der Waals surface area contributed by atoms with Crippen molar-refractivity contribution in [3.8, 4) is 11.5 Å². The number of hydrogen-bond donors (Lipinski definition) is 1. The van der Waals surface area contributed by atoms with Crippen LogP contribution in [0.5, 0.6) is 11.5 Å². The topological polar surface area (TPSA) is 51.2 Å². The number of nitrogens with one attached hydrogen (secondary N) is 1. The van der Waals surface area contributed by atoms with Crippen molar-refractivity contribution in [2.24, 2.45) is 0 Å². The van der Waals surface area contributed by atoms with Gasteiger partial charge in [0.05, 0.1) is 12.2 Å². The lowest BCUT2D eigenvalue weighted by Crippen LogP contribution is -2.24. The minimum Gasteiger partial charge on any atom is -0.456 e. The molecule has 0 saturated heterocycles. The summed E-state index contributed by atoms with van der Waals surface area (Å²) in [6.45, 7) is 3.65. The predicted molar refractivity (Wildman–Crippen MR) is 107 cm³/mol. The minimum absolute atomic E-state index is 0.223. The largest absolute Gasteiger partial charge is 0.456 e. The van der Waals surface area contributed by atoms with Gasteiger partial charge in [0.2, 0.25) is 5.91 Å². The molecule has 7 heteroatoms. The lowest BCUT2D eigenvalue weighted by Gasteiger charge is -2.14. The van der Waals surface area contributed by atoms with E-state index in [2.05, 4.69) is 10.3 Å². The fourth-order valence-corrected chi connectivity index (χ4v) is 2.67. The SMILES string of the molecule is Cc1ccc(Oc2cccc(C(C)NC(=O)/C=C\c3cc(F)c(F)cc3F)c2)cn1. The summed E-state index contributed by atoms with van der Waals surface area (Å²) in [5, 5.41) is 2.73. The van der Waals surface area contributed by atoms with Gasteiger partial charge in [-0.3, -0.25) is 9.78 Å². The molecule has 2 aromatic carbocycles. The van der Waals surface area contributed by atoms with Crippen LogP contribution in [0.3, 0.4) is 0 Å². The zero-order valence-corrected chi connectivity index (χ0v) is 16.3. The second-order valence-electron chi connectivity index (χ2n) is 6.66. The number of rotatable bonds is 6. The van der Waals surface area contributed by atoms with Gasteiger partial charge in [-0.05, 0) is 55.8 Å². The number of nitrogens with zero attached hydrogens (tertiary/aromatic N) is 1. The number of carbonyl (C=O) groups is 1. The summed E-state index contributed by atoms with van der Waals surface area (Å²) in [4.78, 5) is 16.3. The Labute approximate surface area is 172 Å². The van der Waals surface area contributed by atoms with Crippen molar-refractivity contribution in [1.29, 1.82) is 0 Å². The van der Waals surface area contributed by atoms with E-state index in [9.17, 15) is 18.0 Å². The maximum atomic E-state index is 13.6. The van der Waals surface area contributed by atoms with Crippen LogP contribution in [0.15, 0.2) is 60.8 Å². The van der Waals surface area contributed by atoms with E-state index < -0.39 is 23.4 Å². The van der Waals surface area contributed by atoms with E-state index >= 15 is 0 Å². The van der Waals surface area contributed by atoms with E-state index in [1.54, 1.807) is 31.3 Å². The first-order valence-electron chi connectivity index (χ1n) is 9.15. The molecule has 0 aliphatic rings. The summed E-state index contributed by atoms with van der Waals surface area (Å²) in [6.07, 6.45) is 3.77. The zero-order chi connectivity index (χ0) is 21.7. The molecule has 0 bridgehead atoms. The quantitative estimate of drug-likeness (QED) is 0.430. The van der Waals surface area contributed by atoms with Crippen molar-refractivity contribution in [2.45, 2.75) is 19.9 Å². The van der Waals surface area contributed by atoms with Gasteiger partial charge in [-0.1, -0.05) is 12.1 Å². The Balaban J connectivity index is 1.65. The van der Waals surface area contributed by atoms with Crippen LogP contribution in [0.25, 0.3) is 6.08 Å². The highest BCUT2D eigenvalue weighted by Gasteiger charge is 2.11. The summed E-state index contributed by atoms with van der Waals surface area (Å²) in [5.41, 5.74) is 1.44. The van der Waals surface area contributed by atoms with Gasteiger partial charge in [0.25, 0.3) is 0 Å². The molecule has 0 saturated carbocycles. The Bertz CT molecular complexity index is 1080. The number of aromatic nitrogens is 1. The molecule has 0 spiro atoms. The lowest BCUT2D eigenvalue weighted by molar-refractivity contribution is -0.117. The van der Waals surface area contributed by atoms with Crippen molar-refractivity contribution in [3.05, 3.63) is 95.1 Å². The van der Waals surface area contributed by atoms with E-state index in [-0.39, 0.29) is 11.6 Å². The van der Waals surface area contributed by atoms with E-state index in [1.165, 1.54) is 0 Å². The fraction of sp³-hybridized carbons (Fsp3) is 0.130. The summed E-state index contributed by atoms with van der Waals surface area (Å²) >= 11 is 0. The highest BCUT2D eigenvalue weighted by atomic mass is 19.2. The lowest BCUT2D eigenvalue weighted by atomic mass is 10.1. The molecule has 0 radical (unpaired) electrons. The van der Waals surface area contributed by atoms with E-state index in [0.717, 1.165) is 23.4 Å². The number of amides is 1. The predicted octanol–water partition coefficient (Wildman–Crippen LogP) is 5.49. The molecular formula is C23H19F3N2O2. The van der Waals surface area contributed by atoms with Crippen LogP contribution in [0.4, 0.5) is 13.2 Å². The highest BCUT2D eigenvalue weighted by Crippen LogP contribution is 2.24. The van der Waals surface area contributed by atoms with Crippen LogP contribution in [-0.4, -0.2) is 10.9 Å². The molecule has 1 aromatic heterocycles. The van der Waals surface area contributed by atoms with Gasteiger partial charge >= 0.3 is 0 Å². The van der Waals surface area contributed by atoms with E-state index in [1.807, 2.05) is 25.1 Å². The van der Waals surface area contributed by atoms with Crippen LogP contribution >= 0.6 is 0 Å². The van der Waals surface area contributed by atoms with Crippen LogP contribution in [0, 0.1) is 24.4 Å². The van der Waals surface area contributed by atoms with Crippen LogP contribution in [0.2, 0.25) is 0 Å². The van der Waals surface area contributed by atoms with Gasteiger partial charge in [-0.25, -0.2) is 13.2 Å². The summed E-state index contributed by atoms with van der Waals surface area (Å²) in [5.74, 6) is -2.77. The third kappa shape index (κ3) is 5.47. The highest BCUT2D eigenvalue weighted by molar-refractivity contribution is 5.92. The van der Waals surface area contributed by atoms with Gasteiger partial charge in [-0.2, -0.15) is 0 Å². The molecule has 0 aliphatic heterocycles. The maximum absolute atomic E-state index is 13.6. The Kier molecular flexibility index (Phi) is 6.51. The normalized spacial score (nSPS) is 12.0. The van der Waals surface area contributed by atoms with E-state index in [4.69, 9.17) is 4.74 Å². The van der Waals surface area contributed by atoms with Gasteiger partial charge in [-0.15, -0.1) is 0 Å². The first kappa shape index (κ1) is 21.1. The Morgan fingerprint density at radius 2 is 1.80 bits per heavy atom. The van der Waals surface area contributed by atoms with Crippen molar-refractivity contribution >= 4 is 12.0 Å². The molecule has 3 aromatic rings.